The summed E-state index contributed by atoms with van der Waals surface area (Å²) in [5.41, 5.74) is 2.71. The van der Waals surface area contributed by atoms with E-state index in [1.54, 1.807) is 24.3 Å². The molecule has 1 aliphatic rings. The molecule has 1 amide bonds. The van der Waals surface area contributed by atoms with Gasteiger partial charge in [0.1, 0.15) is 5.75 Å². The van der Waals surface area contributed by atoms with E-state index in [-0.39, 0.29) is 18.6 Å². The standard InChI is InChI=1S/C22H23NO5/c1-15(28-21(25)14-27-20-12-5-3-8-17(20)13-24)22(26)23-19-11-6-9-16-7-2-4-10-18(16)19/h2-5,7-8,10,12-13,15,19H,6,9,11,14H2,1H3,(H,23,26)/t15-,19+/m1/s1. The van der Waals surface area contributed by atoms with Crippen molar-refractivity contribution in [2.75, 3.05) is 6.61 Å². The fourth-order valence-electron chi connectivity index (χ4n) is 3.32. The van der Waals surface area contributed by atoms with Gasteiger partial charge >= 0.3 is 5.97 Å². The zero-order chi connectivity index (χ0) is 19.9. The van der Waals surface area contributed by atoms with Gasteiger partial charge in [-0.1, -0.05) is 36.4 Å². The minimum Gasteiger partial charge on any atom is -0.481 e. The molecule has 28 heavy (non-hydrogen) atoms. The number of aldehydes is 1. The second-order valence-corrected chi connectivity index (χ2v) is 6.73. The van der Waals surface area contributed by atoms with E-state index in [0.717, 1.165) is 24.8 Å². The Balaban J connectivity index is 1.52. The third-order valence-electron chi connectivity index (χ3n) is 4.75. The van der Waals surface area contributed by atoms with E-state index in [0.29, 0.717) is 17.6 Å². The molecule has 0 bridgehead atoms. The van der Waals surface area contributed by atoms with Crippen LogP contribution in [0.25, 0.3) is 0 Å². The number of benzene rings is 2. The quantitative estimate of drug-likeness (QED) is 0.589. The molecule has 6 nitrogen and oxygen atoms in total. The highest BCUT2D eigenvalue weighted by molar-refractivity contribution is 5.84. The van der Waals surface area contributed by atoms with E-state index >= 15 is 0 Å². The lowest BCUT2D eigenvalue weighted by Gasteiger charge is -2.27. The Hall–Kier alpha value is -3.15. The van der Waals surface area contributed by atoms with Crippen LogP contribution in [0.5, 0.6) is 5.75 Å². The molecule has 2 aromatic carbocycles. The molecule has 6 heteroatoms. The SMILES string of the molecule is C[C@@H](OC(=O)COc1ccccc1C=O)C(=O)N[C@H]1CCCc2ccccc21. The van der Waals surface area contributed by atoms with Gasteiger partial charge in [-0.05, 0) is 49.4 Å². The average Bonchev–Trinajstić information content (AvgIpc) is 2.72. The van der Waals surface area contributed by atoms with Crippen molar-refractivity contribution < 1.29 is 23.9 Å². The van der Waals surface area contributed by atoms with E-state index in [1.165, 1.54) is 12.5 Å². The van der Waals surface area contributed by atoms with Crippen molar-refractivity contribution in [3.8, 4) is 5.75 Å². The number of fused-ring (bicyclic) bond motifs is 1. The van der Waals surface area contributed by atoms with Gasteiger partial charge in [-0.15, -0.1) is 0 Å². The fourth-order valence-corrected chi connectivity index (χ4v) is 3.32. The maximum atomic E-state index is 12.5. The van der Waals surface area contributed by atoms with Crippen molar-refractivity contribution in [3.05, 3.63) is 65.2 Å². The Morgan fingerprint density at radius 3 is 2.75 bits per heavy atom. The van der Waals surface area contributed by atoms with Crippen LogP contribution in [-0.4, -0.2) is 30.9 Å². The molecular formula is C22H23NO5. The van der Waals surface area contributed by atoms with Crippen molar-refractivity contribution in [1.29, 1.82) is 0 Å². The summed E-state index contributed by atoms with van der Waals surface area (Å²) in [5.74, 6) is -0.721. The van der Waals surface area contributed by atoms with Gasteiger partial charge < -0.3 is 14.8 Å². The lowest BCUT2D eigenvalue weighted by atomic mass is 9.87. The first-order valence-corrected chi connectivity index (χ1v) is 9.33. The van der Waals surface area contributed by atoms with Crippen molar-refractivity contribution in [2.45, 2.75) is 38.3 Å². The number of carbonyl (C=O) groups is 3. The molecule has 1 N–H and O–H groups in total. The number of aryl methyl sites for hydroxylation is 1. The number of rotatable bonds is 7. The van der Waals surface area contributed by atoms with Crippen molar-refractivity contribution >= 4 is 18.2 Å². The topological polar surface area (TPSA) is 81.7 Å². The predicted molar refractivity (Wildman–Crippen MR) is 103 cm³/mol. The molecule has 0 aliphatic heterocycles. The normalized spacial score (nSPS) is 16.4. The Morgan fingerprint density at radius 1 is 1.18 bits per heavy atom. The lowest BCUT2D eigenvalue weighted by molar-refractivity contribution is -0.156. The van der Waals surface area contributed by atoms with E-state index in [4.69, 9.17) is 9.47 Å². The largest absolute Gasteiger partial charge is 0.481 e. The number of amides is 1. The molecule has 0 aromatic heterocycles. The van der Waals surface area contributed by atoms with E-state index in [1.807, 2.05) is 18.2 Å². The molecule has 0 saturated heterocycles. The molecule has 0 saturated carbocycles. The molecule has 1 aliphatic carbocycles. The minimum absolute atomic E-state index is 0.0747. The van der Waals surface area contributed by atoms with E-state index in [9.17, 15) is 14.4 Å². The first-order valence-electron chi connectivity index (χ1n) is 9.33. The second-order valence-electron chi connectivity index (χ2n) is 6.73. The van der Waals surface area contributed by atoms with Crippen LogP contribution in [0.2, 0.25) is 0 Å². The number of ether oxygens (including phenoxy) is 2. The number of esters is 1. The first kappa shape index (κ1) is 19.6. The summed E-state index contributed by atoms with van der Waals surface area (Å²) in [5, 5.41) is 2.97. The smallest absolute Gasteiger partial charge is 0.344 e. The highest BCUT2D eigenvalue weighted by Crippen LogP contribution is 2.29. The van der Waals surface area contributed by atoms with Gasteiger partial charge in [-0.2, -0.15) is 0 Å². The average molecular weight is 381 g/mol. The summed E-state index contributed by atoms with van der Waals surface area (Å²) in [6.45, 7) is 1.15. The Labute approximate surface area is 163 Å². The summed E-state index contributed by atoms with van der Waals surface area (Å²) < 4.78 is 10.5. The van der Waals surface area contributed by atoms with Crippen LogP contribution in [0.15, 0.2) is 48.5 Å². The van der Waals surface area contributed by atoms with Crippen LogP contribution in [0.3, 0.4) is 0 Å². The molecule has 2 atom stereocenters. The van der Waals surface area contributed by atoms with Gasteiger partial charge in [0.25, 0.3) is 5.91 Å². The number of hydrogen-bond acceptors (Lipinski definition) is 5. The lowest BCUT2D eigenvalue weighted by Crippen LogP contribution is -2.39. The Kier molecular flexibility index (Phi) is 6.42. The van der Waals surface area contributed by atoms with Crippen LogP contribution in [-0.2, 0) is 20.7 Å². The zero-order valence-corrected chi connectivity index (χ0v) is 15.7. The van der Waals surface area contributed by atoms with Crippen LogP contribution in [0, 0.1) is 0 Å². The van der Waals surface area contributed by atoms with Crippen molar-refractivity contribution in [3.63, 3.8) is 0 Å². The molecule has 0 heterocycles. The first-order chi connectivity index (χ1) is 13.6. The zero-order valence-electron chi connectivity index (χ0n) is 15.7. The van der Waals surface area contributed by atoms with Crippen LogP contribution in [0.1, 0.15) is 47.3 Å². The minimum atomic E-state index is -0.938. The summed E-state index contributed by atoms with van der Waals surface area (Å²) in [7, 11) is 0. The molecular weight excluding hydrogens is 358 g/mol. The summed E-state index contributed by atoms with van der Waals surface area (Å²) in [6, 6.07) is 14.6. The number of nitrogens with one attached hydrogen (secondary N) is 1. The summed E-state index contributed by atoms with van der Waals surface area (Å²) >= 11 is 0. The molecule has 2 aromatic rings. The van der Waals surface area contributed by atoms with Gasteiger partial charge in [-0.25, -0.2) is 4.79 Å². The maximum absolute atomic E-state index is 12.5. The molecule has 0 unspecified atom stereocenters. The van der Waals surface area contributed by atoms with Gasteiger partial charge in [-0.3, -0.25) is 9.59 Å². The second kappa shape index (κ2) is 9.17. The molecule has 0 radical (unpaired) electrons. The highest BCUT2D eigenvalue weighted by Gasteiger charge is 2.25. The third kappa shape index (κ3) is 4.76. The molecule has 3 rings (SSSR count). The van der Waals surface area contributed by atoms with Crippen molar-refractivity contribution in [2.24, 2.45) is 0 Å². The summed E-state index contributed by atoms with van der Waals surface area (Å²) in [4.78, 5) is 35.4. The Bertz CT molecular complexity index is 864. The van der Waals surface area contributed by atoms with Crippen LogP contribution < -0.4 is 10.1 Å². The fraction of sp³-hybridized carbons (Fsp3) is 0.318. The van der Waals surface area contributed by atoms with Gasteiger partial charge in [0.2, 0.25) is 0 Å². The van der Waals surface area contributed by atoms with Gasteiger partial charge in [0, 0.05) is 0 Å². The van der Waals surface area contributed by atoms with E-state index in [2.05, 4.69) is 11.4 Å². The van der Waals surface area contributed by atoms with Crippen molar-refractivity contribution in [1.82, 2.24) is 5.32 Å². The van der Waals surface area contributed by atoms with Gasteiger partial charge in [0.05, 0.1) is 11.6 Å². The highest BCUT2D eigenvalue weighted by atomic mass is 16.6. The van der Waals surface area contributed by atoms with E-state index < -0.39 is 12.1 Å². The summed E-state index contributed by atoms with van der Waals surface area (Å²) in [6.07, 6.45) is 2.58. The van der Waals surface area contributed by atoms with Gasteiger partial charge in [0.15, 0.2) is 19.0 Å². The predicted octanol–water partition coefficient (Wildman–Crippen LogP) is 3.00. The molecule has 0 fully saturated rings. The third-order valence-corrected chi connectivity index (χ3v) is 4.75. The van der Waals surface area contributed by atoms with Crippen LogP contribution in [0.4, 0.5) is 0 Å². The molecule has 0 spiro atoms. The number of para-hydroxylation sites is 1. The van der Waals surface area contributed by atoms with Crippen LogP contribution >= 0.6 is 0 Å². The molecule has 146 valence electrons. The number of carbonyl (C=O) groups excluding carboxylic acids is 3. The Morgan fingerprint density at radius 2 is 1.93 bits per heavy atom. The number of hydrogen-bond donors (Lipinski definition) is 1. The monoisotopic (exact) mass is 381 g/mol. The maximum Gasteiger partial charge on any atom is 0.344 e.